The average Bonchev–Trinajstić information content (AvgIpc) is 2.31. The first-order chi connectivity index (χ1) is 7.77. The molecule has 2 heteroatoms. The number of nitrogens with zero attached hydrogens (tertiary/aromatic N) is 1. The van der Waals surface area contributed by atoms with E-state index < -0.39 is 0 Å². The van der Waals surface area contributed by atoms with Crippen molar-refractivity contribution >= 4 is 0 Å². The molecule has 0 aliphatic carbocycles. The highest BCUT2D eigenvalue weighted by Gasteiger charge is 2.00. The summed E-state index contributed by atoms with van der Waals surface area (Å²) >= 11 is 0. The Bertz CT molecular complexity index is 295. The molecule has 0 atom stereocenters. The fraction of sp³-hybridized carbons (Fsp3) is 0.571. The fourth-order valence-electron chi connectivity index (χ4n) is 1.73. The maximum absolute atomic E-state index is 5.75. The molecule has 0 fully saturated rings. The van der Waals surface area contributed by atoms with Gasteiger partial charge in [0.25, 0.3) is 0 Å². The molecule has 0 heterocycles. The lowest BCUT2D eigenvalue weighted by Crippen LogP contribution is -2.25. The van der Waals surface area contributed by atoms with Crippen molar-refractivity contribution < 1.29 is 4.74 Å². The van der Waals surface area contributed by atoms with Crippen LogP contribution in [0, 0.1) is 6.92 Å². The monoisotopic (exact) mass is 221 g/mol. The Balaban J connectivity index is 2.23. The molecule has 0 N–H and O–H groups in total. The quantitative estimate of drug-likeness (QED) is 0.656. The van der Waals surface area contributed by atoms with Crippen LogP contribution >= 0.6 is 0 Å². The summed E-state index contributed by atoms with van der Waals surface area (Å²) < 4.78 is 5.75. The van der Waals surface area contributed by atoms with Crippen LogP contribution in [0.1, 0.15) is 25.8 Å². The van der Waals surface area contributed by atoms with Gasteiger partial charge < -0.3 is 9.64 Å². The first-order valence-corrected chi connectivity index (χ1v) is 6.18. The van der Waals surface area contributed by atoms with Crippen molar-refractivity contribution in [1.29, 1.82) is 0 Å². The zero-order valence-electron chi connectivity index (χ0n) is 10.7. The van der Waals surface area contributed by atoms with Gasteiger partial charge in [0.05, 0.1) is 6.61 Å². The minimum atomic E-state index is 0.807. The number of hydrogen-bond donors (Lipinski definition) is 0. The molecule has 0 saturated heterocycles. The van der Waals surface area contributed by atoms with Crippen molar-refractivity contribution in [1.82, 2.24) is 4.90 Å². The van der Waals surface area contributed by atoms with Crippen LogP contribution in [-0.4, -0.2) is 31.1 Å². The second-order valence-corrected chi connectivity index (χ2v) is 3.99. The highest BCUT2D eigenvalue weighted by atomic mass is 16.5. The molecule has 0 radical (unpaired) electrons. The summed E-state index contributed by atoms with van der Waals surface area (Å²) in [7, 11) is 0. The fourth-order valence-corrected chi connectivity index (χ4v) is 1.73. The van der Waals surface area contributed by atoms with Crippen molar-refractivity contribution in [3.8, 4) is 5.75 Å². The van der Waals surface area contributed by atoms with Gasteiger partial charge in [-0.15, -0.1) is 0 Å². The van der Waals surface area contributed by atoms with Gasteiger partial charge in [-0.2, -0.15) is 0 Å². The Morgan fingerprint density at radius 1 is 1.12 bits per heavy atom. The Morgan fingerprint density at radius 3 is 2.44 bits per heavy atom. The van der Waals surface area contributed by atoms with E-state index >= 15 is 0 Å². The van der Waals surface area contributed by atoms with Gasteiger partial charge in [-0.25, -0.2) is 0 Å². The summed E-state index contributed by atoms with van der Waals surface area (Å²) in [4.78, 5) is 2.42. The lowest BCUT2D eigenvalue weighted by atomic mass is 10.2. The van der Waals surface area contributed by atoms with Crippen LogP contribution in [0.2, 0.25) is 0 Å². The van der Waals surface area contributed by atoms with E-state index in [0.29, 0.717) is 0 Å². The summed E-state index contributed by atoms with van der Waals surface area (Å²) in [6.07, 6.45) is 1.09. The summed E-state index contributed by atoms with van der Waals surface area (Å²) in [5, 5.41) is 0. The third-order valence-electron chi connectivity index (χ3n) is 2.86. The maximum atomic E-state index is 5.75. The zero-order valence-corrected chi connectivity index (χ0v) is 10.7. The molecule has 2 nitrogen and oxygen atoms in total. The predicted molar refractivity (Wildman–Crippen MR) is 69.1 cm³/mol. The Hall–Kier alpha value is -1.02. The molecule has 0 aromatic heterocycles. The second kappa shape index (κ2) is 7.29. The van der Waals surface area contributed by atoms with Crippen LogP contribution in [0.5, 0.6) is 5.75 Å². The molecule has 1 rings (SSSR count). The third-order valence-corrected chi connectivity index (χ3v) is 2.86. The van der Waals surface area contributed by atoms with E-state index in [4.69, 9.17) is 4.74 Å². The number of hydrogen-bond acceptors (Lipinski definition) is 2. The summed E-state index contributed by atoms with van der Waals surface area (Å²) in [6.45, 7) is 10.7. The average molecular weight is 221 g/mol. The van der Waals surface area contributed by atoms with Crippen molar-refractivity contribution in [2.45, 2.75) is 27.2 Å². The molecule has 0 aliphatic rings. The van der Waals surface area contributed by atoms with Gasteiger partial charge in [-0.3, -0.25) is 0 Å². The van der Waals surface area contributed by atoms with E-state index in [1.54, 1.807) is 0 Å². The smallest absolute Gasteiger partial charge is 0.122 e. The molecule has 1 aromatic carbocycles. The Kier molecular flexibility index (Phi) is 5.94. The molecule has 0 spiro atoms. The van der Waals surface area contributed by atoms with Crippen molar-refractivity contribution in [2.24, 2.45) is 0 Å². The highest BCUT2D eigenvalue weighted by Crippen LogP contribution is 2.16. The van der Waals surface area contributed by atoms with E-state index in [-0.39, 0.29) is 0 Å². The first kappa shape index (κ1) is 13.0. The van der Waals surface area contributed by atoms with Gasteiger partial charge >= 0.3 is 0 Å². The number of ether oxygens (including phenoxy) is 1. The minimum Gasteiger partial charge on any atom is -0.493 e. The molecule has 0 bridgehead atoms. The SMILES string of the molecule is CCN(CC)CCCOc1ccccc1C. The molecule has 90 valence electrons. The van der Waals surface area contributed by atoms with E-state index in [2.05, 4.69) is 31.7 Å². The molecule has 0 saturated carbocycles. The standard InChI is InChI=1S/C14H23NO/c1-4-15(5-2)11-8-12-16-14-10-7-6-9-13(14)3/h6-7,9-10H,4-5,8,11-12H2,1-3H3. The highest BCUT2D eigenvalue weighted by molar-refractivity contribution is 5.31. The van der Waals surface area contributed by atoms with Gasteiger partial charge in [0.2, 0.25) is 0 Å². The predicted octanol–water partition coefficient (Wildman–Crippen LogP) is 3.11. The lowest BCUT2D eigenvalue weighted by Gasteiger charge is -2.17. The van der Waals surface area contributed by atoms with Crippen LogP contribution in [-0.2, 0) is 0 Å². The maximum Gasteiger partial charge on any atom is 0.122 e. The molecule has 0 unspecified atom stereocenters. The Morgan fingerprint density at radius 2 is 1.81 bits per heavy atom. The van der Waals surface area contributed by atoms with Gasteiger partial charge in [0, 0.05) is 6.54 Å². The largest absolute Gasteiger partial charge is 0.493 e. The number of para-hydroxylation sites is 1. The normalized spacial score (nSPS) is 10.8. The zero-order chi connectivity index (χ0) is 11.8. The van der Waals surface area contributed by atoms with Crippen LogP contribution in [0.15, 0.2) is 24.3 Å². The van der Waals surface area contributed by atoms with Crippen molar-refractivity contribution in [3.05, 3.63) is 29.8 Å². The molecule has 1 aromatic rings. The second-order valence-electron chi connectivity index (χ2n) is 3.99. The minimum absolute atomic E-state index is 0.807. The summed E-state index contributed by atoms with van der Waals surface area (Å²) in [5.41, 5.74) is 1.21. The van der Waals surface area contributed by atoms with Crippen LogP contribution < -0.4 is 4.74 Å². The van der Waals surface area contributed by atoms with E-state index in [1.807, 2.05) is 18.2 Å². The molecular weight excluding hydrogens is 198 g/mol. The van der Waals surface area contributed by atoms with Gasteiger partial charge in [-0.1, -0.05) is 32.0 Å². The van der Waals surface area contributed by atoms with Gasteiger partial charge in [0.15, 0.2) is 0 Å². The first-order valence-electron chi connectivity index (χ1n) is 6.18. The van der Waals surface area contributed by atoms with Crippen LogP contribution in [0.25, 0.3) is 0 Å². The molecular formula is C14H23NO. The number of benzene rings is 1. The van der Waals surface area contributed by atoms with Gasteiger partial charge in [0.1, 0.15) is 5.75 Å². The Labute approximate surface area is 99.2 Å². The van der Waals surface area contributed by atoms with E-state index in [9.17, 15) is 0 Å². The number of aryl methyl sites for hydroxylation is 1. The summed E-state index contributed by atoms with van der Waals surface area (Å²) in [6, 6.07) is 8.18. The molecule has 16 heavy (non-hydrogen) atoms. The molecule has 0 aliphatic heterocycles. The number of rotatable bonds is 7. The van der Waals surface area contributed by atoms with Gasteiger partial charge in [-0.05, 0) is 38.1 Å². The third kappa shape index (κ3) is 4.23. The van der Waals surface area contributed by atoms with E-state index in [0.717, 1.165) is 38.4 Å². The van der Waals surface area contributed by atoms with Crippen LogP contribution in [0.4, 0.5) is 0 Å². The van der Waals surface area contributed by atoms with Crippen LogP contribution in [0.3, 0.4) is 0 Å². The van der Waals surface area contributed by atoms with E-state index in [1.165, 1.54) is 5.56 Å². The van der Waals surface area contributed by atoms with Crippen molar-refractivity contribution in [3.63, 3.8) is 0 Å². The summed E-state index contributed by atoms with van der Waals surface area (Å²) in [5.74, 6) is 1.02. The van der Waals surface area contributed by atoms with Crippen molar-refractivity contribution in [2.75, 3.05) is 26.2 Å². The molecule has 0 amide bonds. The topological polar surface area (TPSA) is 12.5 Å². The lowest BCUT2D eigenvalue weighted by molar-refractivity contribution is 0.248.